The monoisotopic (exact) mass is 564 g/mol. The molecule has 3 aromatic rings. The van der Waals surface area contributed by atoms with E-state index in [0.29, 0.717) is 54.8 Å². The predicted molar refractivity (Wildman–Crippen MR) is 147 cm³/mol. The summed E-state index contributed by atoms with van der Waals surface area (Å²) < 4.78 is 30.1. The molecule has 0 spiro atoms. The number of halogens is 1. The van der Waals surface area contributed by atoms with Gasteiger partial charge in [-0.3, -0.25) is 14.5 Å². The largest absolute Gasteiger partial charge is 0.454 e. The highest BCUT2D eigenvalue weighted by molar-refractivity contribution is 7.12. The normalized spacial score (nSPS) is 18.6. The van der Waals surface area contributed by atoms with Crippen molar-refractivity contribution in [1.82, 2.24) is 14.8 Å². The minimum Gasteiger partial charge on any atom is -0.454 e. The standard InChI is InChI=1S/C29H29FN4O5S/c30-22-6-3-20(4-7-22)23-17-24(21-5-8-25-26(16-21)39-19-38-25)34(31-23)28(35)18-33(29(36)27-2-1-15-40-27)10-9-32-11-13-37-14-12-32/h1-8,15-16,24H,9-14,17-19H2. The first-order valence-corrected chi connectivity index (χ1v) is 14.1. The van der Waals surface area contributed by atoms with E-state index in [2.05, 4.69) is 4.90 Å². The van der Waals surface area contributed by atoms with Crippen LogP contribution in [0.4, 0.5) is 4.39 Å². The van der Waals surface area contributed by atoms with Crippen LogP contribution >= 0.6 is 11.3 Å². The van der Waals surface area contributed by atoms with Crippen LogP contribution in [0, 0.1) is 5.82 Å². The maximum atomic E-state index is 13.9. The maximum absolute atomic E-state index is 13.9. The highest BCUT2D eigenvalue weighted by Crippen LogP contribution is 2.39. The van der Waals surface area contributed by atoms with Crippen molar-refractivity contribution in [2.75, 3.05) is 52.7 Å². The average molecular weight is 565 g/mol. The molecule has 208 valence electrons. The molecule has 1 unspecified atom stereocenters. The third-order valence-corrected chi connectivity index (χ3v) is 8.12. The van der Waals surface area contributed by atoms with Gasteiger partial charge in [-0.2, -0.15) is 5.10 Å². The number of carbonyl (C=O) groups is 2. The molecule has 0 bridgehead atoms. The van der Waals surface area contributed by atoms with Crippen molar-refractivity contribution >= 4 is 28.9 Å². The van der Waals surface area contributed by atoms with E-state index in [-0.39, 0.29) is 31.0 Å². The van der Waals surface area contributed by atoms with Crippen LogP contribution in [-0.4, -0.2) is 85.1 Å². The zero-order valence-corrected chi connectivity index (χ0v) is 22.6. The molecular formula is C29H29FN4O5S. The van der Waals surface area contributed by atoms with Gasteiger partial charge in [-0.05, 0) is 46.8 Å². The minimum absolute atomic E-state index is 0.123. The van der Waals surface area contributed by atoms with Crippen LogP contribution < -0.4 is 9.47 Å². The SMILES string of the molecule is O=C(c1cccs1)N(CCN1CCOCC1)CC(=O)N1N=C(c2ccc(F)cc2)CC1c1ccc2c(c1)OCO2. The molecule has 1 atom stereocenters. The van der Waals surface area contributed by atoms with Crippen LogP contribution in [0.1, 0.15) is 33.3 Å². The number of hydrogen-bond donors (Lipinski definition) is 0. The van der Waals surface area contributed by atoms with E-state index >= 15 is 0 Å². The number of ether oxygens (including phenoxy) is 3. The number of carbonyl (C=O) groups excluding carboxylic acids is 2. The molecule has 2 aromatic carbocycles. The minimum atomic E-state index is -0.417. The van der Waals surface area contributed by atoms with Crippen LogP contribution in [-0.2, 0) is 9.53 Å². The third-order valence-electron chi connectivity index (χ3n) is 7.26. The van der Waals surface area contributed by atoms with Crippen molar-refractivity contribution in [3.05, 3.63) is 81.8 Å². The average Bonchev–Trinajstić information content (AvgIpc) is 3.76. The summed E-state index contributed by atoms with van der Waals surface area (Å²) in [5, 5.41) is 8.02. The van der Waals surface area contributed by atoms with Crippen LogP contribution in [0.5, 0.6) is 11.5 Å². The molecule has 2 amide bonds. The van der Waals surface area contributed by atoms with Gasteiger partial charge in [-0.25, -0.2) is 9.40 Å². The Kier molecular flexibility index (Phi) is 7.76. The van der Waals surface area contributed by atoms with Gasteiger partial charge in [0, 0.05) is 32.6 Å². The lowest BCUT2D eigenvalue weighted by Gasteiger charge is -2.31. The molecule has 4 heterocycles. The van der Waals surface area contributed by atoms with Crippen molar-refractivity contribution in [1.29, 1.82) is 0 Å². The summed E-state index contributed by atoms with van der Waals surface area (Å²) in [6.07, 6.45) is 0.434. The fourth-order valence-electron chi connectivity index (χ4n) is 5.07. The molecule has 3 aliphatic rings. The summed E-state index contributed by atoms with van der Waals surface area (Å²) in [5.74, 6) is 0.436. The summed E-state index contributed by atoms with van der Waals surface area (Å²) in [6, 6.07) is 14.9. The Labute approximate surface area is 235 Å². The predicted octanol–water partition coefficient (Wildman–Crippen LogP) is 3.77. The fraction of sp³-hybridized carbons (Fsp3) is 0.345. The number of fused-ring (bicyclic) bond motifs is 1. The second kappa shape index (κ2) is 11.7. The van der Waals surface area contributed by atoms with Gasteiger partial charge < -0.3 is 19.1 Å². The Morgan fingerprint density at radius 2 is 1.85 bits per heavy atom. The topological polar surface area (TPSA) is 83.9 Å². The first-order chi connectivity index (χ1) is 19.5. The van der Waals surface area contributed by atoms with E-state index in [1.54, 1.807) is 23.1 Å². The smallest absolute Gasteiger partial charge is 0.264 e. The van der Waals surface area contributed by atoms with Gasteiger partial charge in [0.25, 0.3) is 11.8 Å². The first kappa shape index (κ1) is 26.4. The van der Waals surface area contributed by atoms with Crippen molar-refractivity contribution in [2.45, 2.75) is 12.5 Å². The van der Waals surface area contributed by atoms with Crippen LogP contribution in [0.2, 0.25) is 0 Å². The summed E-state index contributed by atoms with van der Waals surface area (Å²) in [6.45, 7) is 3.96. The summed E-state index contributed by atoms with van der Waals surface area (Å²) in [7, 11) is 0. The molecule has 0 saturated carbocycles. The van der Waals surface area contributed by atoms with E-state index in [0.717, 1.165) is 24.2 Å². The lowest BCUT2D eigenvalue weighted by molar-refractivity contribution is -0.133. The number of nitrogens with zero attached hydrogens (tertiary/aromatic N) is 4. The van der Waals surface area contributed by atoms with Gasteiger partial charge in [0.15, 0.2) is 11.5 Å². The molecule has 1 saturated heterocycles. The molecule has 1 fully saturated rings. The maximum Gasteiger partial charge on any atom is 0.264 e. The molecule has 40 heavy (non-hydrogen) atoms. The third kappa shape index (κ3) is 5.72. The molecule has 1 aromatic heterocycles. The number of morpholine rings is 1. The molecule has 11 heteroatoms. The molecule has 0 radical (unpaired) electrons. The second-order valence-electron chi connectivity index (χ2n) is 9.78. The number of benzene rings is 2. The van der Waals surface area contributed by atoms with Crippen molar-refractivity contribution in [3.63, 3.8) is 0 Å². The molecular weight excluding hydrogens is 535 g/mol. The lowest BCUT2D eigenvalue weighted by Crippen LogP contribution is -2.46. The zero-order valence-electron chi connectivity index (χ0n) is 21.8. The number of thiophene rings is 1. The number of hydrazone groups is 1. The van der Waals surface area contributed by atoms with Gasteiger partial charge >= 0.3 is 0 Å². The molecule has 6 rings (SSSR count). The highest BCUT2D eigenvalue weighted by atomic mass is 32.1. The van der Waals surface area contributed by atoms with Gasteiger partial charge in [0.1, 0.15) is 12.4 Å². The molecule has 3 aliphatic heterocycles. The first-order valence-electron chi connectivity index (χ1n) is 13.2. The second-order valence-corrected chi connectivity index (χ2v) is 10.7. The van der Waals surface area contributed by atoms with Gasteiger partial charge in [0.2, 0.25) is 6.79 Å². The van der Waals surface area contributed by atoms with Crippen molar-refractivity contribution in [2.24, 2.45) is 5.10 Å². The summed E-state index contributed by atoms with van der Waals surface area (Å²) >= 11 is 1.35. The number of rotatable bonds is 8. The Morgan fingerprint density at radius 1 is 1.05 bits per heavy atom. The van der Waals surface area contributed by atoms with E-state index < -0.39 is 6.04 Å². The van der Waals surface area contributed by atoms with Gasteiger partial charge in [-0.1, -0.05) is 24.3 Å². The Balaban J connectivity index is 1.26. The van der Waals surface area contributed by atoms with E-state index in [1.807, 2.05) is 29.6 Å². The quantitative estimate of drug-likeness (QED) is 0.414. The molecule has 0 N–H and O–H groups in total. The van der Waals surface area contributed by atoms with Gasteiger partial charge in [-0.15, -0.1) is 11.3 Å². The van der Waals surface area contributed by atoms with E-state index in [4.69, 9.17) is 19.3 Å². The van der Waals surface area contributed by atoms with E-state index in [9.17, 15) is 14.0 Å². The fourth-order valence-corrected chi connectivity index (χ4v) is 5.76. The van der Waals surface area contributed by atoms with Crippen molar-refractivity contribution < 1.29 is 28.2 Å². The zero-order chi connectivity index (χ0) is 27.5. The number of amides is 2. The molecule has 0 aliphatic carbocycles. The summed E-state index contributed by atoms with van der Waals surface area (Å²) in [4.78, 5) is 31.8. The Hall–Kier alpha value is -3.80. The van der Waals surface area contributed by atoms with Crippen LogP contribution in [0.25, 0.3) is 0 Å². The number of hydrogen-bond acceptors (Lipinski definition) is 8. The van der Waals surface area contributed by atoms with Crippen molar-refractivity contribution in [3.8, 4) is 11.5 Å². The highest BCUT2D eigenvalue weighted by Gasteiger charge is 2.35. The Morgan fingerprint density at radius 3 is 2.62 bits per heavy atom. The summed E-state index contributed by atoms with van der Waals surface area (Å²) in [5.41, 5.74) is 2.24. The lowest BCUT2D eigenvalue weighted by atomic mass is 9.98. The Bertz CT molecular complexity index is 1390. The van der Waals surface area contributed by atoms with Crippen LogP contribution in [0.15, 0.2) is 65.1 Å². The van der Waals surface area contributed by atoms with E-state index in [1.165, 1.54) is 28.5 Å². The van der Waals surface area contributed by atoms with Crippen LogP contribution in [0.3, 0.4) is 0 Å². The molecule has 9 nitrogen and oxygen atoms in total. The van der Waals surface area contributed by atoms with Gasteiger partial charge in [0.05, 0.1) is 29.8 Å².